The Balaban J connectivity index is 2.56. The van der Waals surface area contributed by atoms with Crippen LogP contribution in [0.15, 0.2) is 42.5 Å². The van der Waals surface area contributed by atoms with Crippen molar-refractivity contribution in [2.24, 2.45) is 0 Å². The number of nitrogen functional groups attached to an aromatic ring is 1. The Morgan fingerprint density at radius 1 is 1.12 bits per heavy atom. The monoisotopic (exact) mass is 247 g/mol. The molecular weight excluding hydrogens is 238 g/mol. The van der Waals surface area contributed by atoms with E-state index in [1.165, 1.54) is 12.1 Å². The van der Waals surface area contributed by atoms with Gasteiger partial charge in [-0.1, -0.05) is 41.9 Å². The molecule has 0 fully saturated rings. The summed E-state index contributed by atoms with van der Waals surface area (Å²) in [6, 6.07) is 11.5. The van der Waals surface area contributed by atoms with Gasteiger partial charge in [-0.2, -0.15) is 0 Å². The predicted octanol–water partition coefficient (Wildman–Crippen LogP) is 2.86. The van der Waals surface area contributed by atoms with Crippen LogP contribution in [-0.2, 0) is 0 Å². The van der Waals surface area contributed by atoms with Crippen LogP contribution in [0.1, 0.15) is 15.9 Å². The maximum Gasteiger partial charge on any atom is 0.196 e. The van der Waals surface area contributed by atoms with Crippen molar-refractivity contribution in [3.8, 4) is 5.75 Å². The Hall–Kier alpha value is -2.00. The molecule has 86 valence electrons. The van der Waals surface area contributed by atoms with Crippen molar-refractivity contribution in [2.75, 3.05) is 5.73 Å². The highest BCUT2D eigenvalue weighted by atomic mass is 35.5. The maximum atomic E-state index is 12.2. The Bertz CT molecular complexity index is 567. The summed E-state index contributed by atoms with van der Waals surface area (Å²) < 4.78 is 0. The molecule has 2 rings (SSSR count). The molecule has 0 aliphatic carbocycles. The zero-order chi connectivity index (χ0) is 12.4. The van der Waals surface area contributed by atoms with Gasteiger partial charge >= 0.3 is 0 Å². The van der Waals surface area contributed by atoms with Gasteiger partial charge in [0.15, 0.2) is 5.78 Å². The highest BCUT2D eigenvalue weighted by Gasteiger charge is 2.18. The second-order valence-corrected chi connectivity index (χ2v) is 3.94. The molecule has 0 unspecified atom stereocenters. The molecule has 4 heteroatoms. The first-order chi connectivity index (χ1) is 8.11. The summed E-state index contributed by atoms with van der Waals surface area (Å²) >= 11 is 5.89. The Labute approximate surface area is 103 Å². The second kappa shape index (κ2) is 4.47. The number of benzene rings is 2. The molecule has 0 amide bonds. The van der Waals surface area contributed by atoms with Gasteiger partial charge in [-0.3, -0.25) is 4.79 Å². The molecule has 0 saturated carbocycles. The van der Waals surface area contributed by atoms with Crippen molar-refractivity contribution in [3.05, 3.63) is 58.6 Å². The van der Waals surface area contributed by atoms with Crippen molar-refractivity contribution in [2.45, 2.75) is 0 Å². The summed E-state index contributed by atoms with van der Waals surface area (Å²) in [4.78, 5) is 12.2. The number of anilines is 1. The van der Waals surface area contributed by atoms with E-state index >= 15 is 0 Å². The lowest BCUT2D eigenvalue weighted by atomic mass is 10.0. The first-order valence-electron chi connectivity index (χ1n) is 4.98. The smallest absolute Gasteiger partial charge is 0.196 e. The Kier molecular flexibility index (Phi) is 3.02. The van der Waals surface area contributed by atoms with Crippen LogP contribution in [0, 0.1) is 0 Å². The minimum Gasteiger partial charge on any atom is -0.506 e. The van der Waals surface area contributed by atoms with Crippen molar-refractivity contribution >= 4 is 23.1 Å². The van der Waals surface area contributed by atoms with Crippen molar-refractivity contribution in [1.29, 1.82) is 0 Å². The number of phenolic OH excluding ortho intramolecular Hbond substituents is 1. The standard InChI is InChI=1S/C13H10ClNO2/c14-12-10(16)7-6-9(15)11(12)13(17)8-4-2-1-3-5-8/h1-7,16H,15H2. The SMILES string of the molecule is Nc1ccc(O)c(Cl)c1C(=O)c1ccccc1. The Morgan fingerprint density at radius 3 is 2.41 bits per heavy atom. The van der Waals surface area contributed by atoms with Crippen LogP contribution < -0.4 is 5.73 Å². The molecule has 3 N–H and O–H groups in total. The minimum absolute atomic E-state index is 0.0150. The highest BCUT2D eigenvalue weighted by Crippen LogP contribution is 2.32. The number of rotatable bonds is 2. The molecular formula is C13H10ClNO2. The topological polar surface area (TPSA) is 63.3 Å². The first kappa shape index (κ1) is 11.5. The van der Waals surface area contributed by atoms with E-state index in [2.05, 4.69) is 0 Å². The van der Waals surface area contributed by atoms with Crippen LogP contribution in [0.25, 0.3) is 0 Å². The summed E-state index contributed by atoms with van der Waals surface area (Å²) in [7, 11) is 0. The second-order valence-electron chi connectivity index (χ2n) is 3.56. The van der Waals surface area contributed by atoms with E-state index in [1.54, 1.807) is 24.3 Å². The number of carbonyl (C=O) groups excluding carboxylic acids is 1. The van der Waals surface area contributed by atoms with E-state index in [0.717, 1.165) is 0 Å². The highest BCUT2D eigenvalue weighted by molar-refractivity contribution is 6.37. The van der Waals surface area contributed by atoms with Gasteiger partial charge in [-0.15, -0.1) is 0 Å². The third-order valence-electron chi connectivity index (χ3n) is 2.42. The lowest BCUT2D eigenvalue weighted by molar-refractivity contribution is 0.103. The zero-order valence-electron chi connectivity index (χ0n) is 8.85. The van der Waals surface area contributed by atoms with Gasteiger partial charge in [-0.05, 0) is 12.1 Å². The summed E-state index contributed by atoms with van der Waals surface area (Å²) in [5.41, 5.74) is 6.58. The lowest BCUT2D eigenvalue weighted by Crippen LogP contribution is -2.06. The lowest BCUT2D eigenvalue weighted by Gasteiger charge is -2.08. The maximum absolute atomic E-state index is 12.2. The fraction of sp³-hybridized carbons (Fsp3) is 0. The van der Waals surface area contributed by atoms with Crippen LogP contribution in [0.3, 0.4) is 0 Å². The minimum atomic E-state index is -0.302. The van der Waals surface area contributed by atoms with E-state index in [9.17, 15) is 9.90 Å². The largest absolute Gasteiger partial charge is 0.506 e. The van der Waals surface area contributed by atoms with E-state index in [1.807, 2.05) is 6.07 Å². The molecule has 3 nitrogen and oxygen atoms in total. The molecule has 0 bridgehead atoms. The third kappa shape index (κ3) is 2.10. The van der Waals surface area contributed by atoms with Gasteiger partial charge in [0, 0.05) is 11.3 Å². The number of aromatic hydroxyl groups is 1. The number of halogens is 1. The van der Waals surface area contributed by atoms with E-state index in [-0.39, 0.29) is 27.8 Å². The van der Waals surface area contributed by atoms with Gasteiger partial charge in [0.25, 0.3) is 0 Å². The molecule has 0 aliphatic rings. The number of ketones is 1. The van der Waals surface area contributed by atoms with Crippen LogP contribution >= 0.6 is 11.6 Å². The average Bonchev–Trinajstić information content (AvgIpc) is 2.35. The predicted molar refractivity (Wildman–Crippen MR) is 67.4 cm³/mol. The molecule has 0 radical (unpaired) electrons. The summed E-state index contributed by atoms with van der Waals surface area (Å²) in [6.45, 7) is 0. The first-order valence-corrected chi connectivity index (χ1v) is 5.35. The van der Waals surface area contributed by atoms with Gasteiger partial charge in [0.05, 0.1) is 10.6 Å². The quantitative estimate of drug-likeness (QED) is 0.487. The fourth-order valence-electron chi connectivity index (χ4n) is 1.54. The van der Waals surface area contributed by atoms with Crippen LogP contribution in [0.4, 0.5) is 5.69 Å². The molecule has 2 aromatic rings. The van der Waals surface area contributed by atoms with Gasteiger partial charge in [0.2, 0.25) is 0 Å². The van der Waals surface area contributed by atoms with Crippen molar-refractivity contribution in [3.63, 3.8) is 0 Å². The molecule has 0 atom stereocenters. The van der Waals surface area contributed by atoms with E-state index in [4.69, 9.17) is 17.3 Å². The van der Waals surface area contributed by atoms with Crippen molar-refractivity contribution in [1.82, 2.24) is 0 Å². The summed E-state index contributed by atoms with van der Waals surface area (Å²) in [5.74, 6) is -0.454. The normalized spacial score (nSPS) is 10.2. The molecule has 0 saturated heterocycles. The van der Waals surface area contributed by atoms with Gasteiger partial charge in [0.1, 0.15) is 5.75 Å². The van der Waals surface area contributed by atoms with Gasteiger partial charge < -0.3 is 10.8 Å². The molecule has 0 heterocycles. The molecule has 17 heavy (non-hydrogen) atoms. The average molecular weight is 248 g/mol. The number of phenols is 1. The Morgan fingerprint density at radius 2 is 1.76 bits per heavy atom. The number of hydrogen-bond acceptors (Lipinski definition) is 3. The van der Waals surface area contributed by atoms with E-state index < -0.39 is 0 Å². The molecule has 0 aromatic heterocycles. The summed E-state index contributed by atoms with van der Waals surface area (Å²) in [6.07, 6.45) is 0. The third-order valence-corrected chi connectivity index (χ3v) is 2.80. The number of hydrogen-bond donors (Lipinski definition) is 2. The zero-order valence-corrected chi connectivity index (χ0v) is 9.61. The van der Waals surface area contributed by atoms with Crippen LogP contribution in [0.5, 0.6) is 5.75 Å². The number of nitrogens with two attached hydrogens (primary N) is 1. The van der Waals surface area contributed by atoms with Gasteiger partial charge in [-0.25, -0.2) is 0 Å². The molecule has 0 spiro atoms. The fourth-order valence-corrected chi connectivity index (χ4v) is 1.80. The van der Waals surface area contributed by atoms with Crippen LogP contribution in [0.2, 0.25) is 5.02 Å². The van der Waals surface area contributed by atoms with E-state index in [0.29, 0.717) is 5.56 Å². The summed E-state index contributed by atoms with van der Waals surface area (Å²) in [5, 5.41) is 9.47. The molecule has 2 aromatic carbocycles. The number of carbonyl (C=O) groups is 1. The molecule has 0 aliphatic heterocycles. The van der Waals surface area contributed by atoms with Crippen LogP contribution in [-0.4, -0.2) is 10.9 Å². The van der Waals surface area contributed by atoms with Crippen molar-refractivity contribution < 1.29 is 9.90 Å².